The van der Waals surface area contributed by atoms with Gasteiger partial charge in [0, 0.05) is 39.1 Å². The van der Waals surface area contributed by atoms with Gasteiger partial charge in [0.05, 0.1) is 0 Å². The van der Waals surface area contributed by atoms with E-state index in [-0.39, 0.29) is 11.9 Å². The molecule has 0 unspecified atom stereocenters. The van der Waals surface area contributed by atoms with E-state index in [1.807, 2.05) is 9.80 Å². The lowest BCUT2D eigenvalue weighted by atomic mass is 10.1. The van der Waals surface area contributed by atoms with Gasteiger partial charge in [-0.05, 0) is 32.4 Å². The molecule has 0 atom stereocenters. The van der Waals surface area contributed by atoms with Crippen LogP contribution in [0.1, 0.15) is 25.7 Å². The lowest BCUT2D eigenvalue weighted by Gasteiger charge is -2.31. The molecule has 2 heterocycles. The first kappa shape index (κ1) is 14.1. The molecule has 2 aliphatic rings. The number of rotatable bonds is 5. The second kappa shape index (κ2) is 6.75. The first-order valence-corrected chi connectivity index (χ1v) is 7.19. The molecular weight excluding hydrogens is 244 g/mol. The molecule has 2 rings (SSSR count). The van der Waals surface area contributed by atoms with Crippen LogP contribution in [0.4, 0.5) is 4.79 Å². The summed E-state index contributed by atoms with van der Waals surface area (Å²) in [5.41, 5.74) is 0. The molecule has 2 saturated heterocycles. The Morgan fingerprint density at radius 3 is 2.79 bits per heavy atom. The van der Waals surface area contributed by atoms with Crippen molar-refractivity contribution >= 4 is 11.9 Å². The zero-order valence-electron chi connectivity index (χ0n) is 11.7. The molecule has 2 fully saturated rings. The van der Waals surface area contributed by atoms with E-state index < -0.39 is 0 Å². The SMILES string of the molecule is CNC(=O)CCCN1CCN(C2CCNCC2)C1=O. The monoisotopic (exact) mass is 268 g/mol. The summed E-state index contributed by atoms with van der Waals surface area (Å²) in [6.07, 6.45) is 3.34. The van der Waals surface area contributed by atoms with Crippen LogP contribution < -0.4 is 10.6 Å². The van der Waals surface area contributed by atoms with Crippen LogP contribution in [0.3, 0.4) is 0 Å². The third-order valence-electron chi connectivity index (χ3n) is 3.99. The van der Waals surface area contributed by atoms with Gasteiger partial charge in [-0.3, -0.25) is 4.79 Å². The predicted octanol–water partition coefficient (Wildman–Crippen LogP) is 0.00220. The van der Waals surface area contributed by atoms with Crippen molar-refractivity contribution in [1.82, 2.24) is 20.4 Å². The Kier molecular flexibility index (Phi) is 5.01. The number of urea groups is 1. The number of nitrogens with zero attached hydrogens (tertiary/aromatic N) is 2. The lowest BCUT2D eigenvalue weighted by molar-refractivity contribution is -0.120. The van der Waals surface area contributed by atoms with Gasteiger partial charge in [0.25, 0.3) is 0 Å². The van der Waals surface area contributed by atoms with E-state index >= 15 is 0 Å². The summed E-state index contributed by atoms with van der Waals surface area (Å²) < 4.78 is 0. The molecule has 0 bridgehead atoms. The third kappa shape index (κ3) is 3.59. The van der Waals surface area contributed by atoms with Gasteiger partial charge in [-0.25, -0.2) is 4.79 Å². The standard InChI is InChI=1S/C13H24N4O2/c1-14-12(18)3-2-8-16-9-10-17(13(16)19)11-4-6-15-7-5-11/h11,15H,2-10H2,1H3,(H,14,18). The zero-order valence-corrected chi connectivity index (χ0v) is 11.7. The quantitative estimate of drug-likeness (QED) is 0.738. The molecule has 0 aromatic carbocycles. The van der Waals surface area contributed by atoms with E-state index in [1.54, 1.807) is 7.05 Å². The maximum absolute atomic E-state index is 12.3. The maximum atomic E-state index is 12.3. The molecule has 3 amide bonds. The maximum Gasteiger partial charge on any atom is 0.320 e. The summed E-state index contributed by atoms with van der Waals surface area (Å²) in [5, 5.41) is 5.92. The van der Waals surface area contributed by atoms with Crippen molar-refractivity contribution in [2.24, 2.45) is 0 Å². The topological polar surface area (TPSA) is 64.7 Å². The van der Waals surface area contributed by atoms with Gasteiger partial charge >= 0.3 is 6.03 Å². The first-order chi connectivity index (χ1) is 9.22. The van der Waals surface area contributed by atoms with Gasteiger partial charge in [-0.2, -0.15) is 0 Å². The van der Waals surface area contributed by atoms with Crippen LogP contribution in [0.25, 0.3) is 0 Å². The van der Waals surface area contributed by atoms with Crippen molar-refractivity contribution in [1.29, 1.82) is 0 Å². The van der Waals surface area contributed by atoms with Gasteiger partial charge in [-0.1, -0.05) is 0 Å². The summed E-state index contributed by atoms with van der Waals surface area (Å²) in [7, 11) is 1.64. The molecule has 0 radical (unpaired) electrons. The van der Waals surface area contributed by atoms with Gasteiger partial charge < -0.3 is 20.4 Å². The minimum absolute atomic E-state index is 0.0434. The second-order valence-corrected chi connectivity index (χ2v) is 5.22. The molecule has 0 aromatic heterocycles. The van der Waals surface area contributed by atoms with E-state index in [4.69, 9.17) is 0 Å². The van der Waals surface area contributed by atoms with E-state index in [2.05, 4.69) is 10.6 Å². The minimum atomic E-state index is 0.0434. The van der Waals surface area contributed by atoms with Crippen LogP contribution in [-0.4, -0.2) is 67.6 Å². The minimum Gasteiger partial charge on any atom is -0.359 e. The van der Waals surface area contributed by atoms with Crippen molar-refractivity contribution in [3.8, 4) is 0 Å². The van der Waals surface area contributed by atoms with Crippen molar-refractivity contribution in [2.75, 3.05) is 39.8 Å². The van der Waals surface area contributed by atoms with Crippen molar-refractivity contribution in [3.63, 3.8) is 0 Å². The van der Waals surface area contributed by atoms with Crippen LogP contribution in [0.5, 0.6) is 0 Å². The number of nitrogens with one attached hydrogen (secondary N) is 2. The van der Waals surface area contributed by atoms with Gasteiger partial charge in [0.2, 0.25) is 5.91 Å². The molecule has 6 nitrogen and oxygen atoms in total. The van der Waals surface area contributed by atoms with Crippen LogP contribution >= 0.6 is 0 Å². The van der Waals surface area contributed by atoms with Crippen molar-refractivity contribution in [2.45, 2.75) is 31.7 Å². The summed E-state index contributed by atoms with van der Waals surface area (Å²) >= 11 is 0. The molecule has 2 N–H and O–H groups in total. The highest BCUT2D eigenvalue weighted by Gasteiger charge is 2.33. The Balaban J connectivity index is 1.75. The van der Waals surface area contributed by atoms with Crippen LogP contribution in [0.2, 0.25) is 0 Å². The normalized spacial score (nSPS) is 21.0. The molecule has 19 heavy (non-hydrogen) atoms. The fraction of sp³-hybridized carbons (Fsp3) is 0.846. The highest BCUT2D eigenvalue weighted by molar-refractivity contribution is 5.77. The number of hydrogen-bond donors (Lipinski definition) is 2. The van der Waals surface area contributed by atoms with Gasteiger partial charge in [-0.15, -0.1) is 0 Å². The number of piperidine rings is 1. The largest absolute Gasteiger partial charge is 0.359 e. The van der Waals surface area contributed by atoms with Crippen LogP contribution in [-0.2, 0) is 4.79 Å². The van der Waals surface area contributed by atoms with Crippen molar-refractivity contribution in [3.05, 3.63) is 0 Å². The Hall–Kier alpha value is -1.30. The predicted molar refractivity (Wildman–Crippen MR) is 72.9 cm³/mol. The fourth-order valence-electron chi connectivity index (χ4n) is 2.82. The number of carbonyl (C=O) groups excluding carboxylic acids is 2. The first-order valence-electron chi connectivity index (χ1n) is 7.19. The summed E-state index contributed by atoms with van der Waals surface area (Å²) in [6, 6.07) is 0.557. The van der Waals surface area contributed by atoms with Crippen LogP contribution in [0.15, 0.2) is 0 Å². The van der Waals surface area contributed by atoms with E-state index in [0.717, 1.165) is 45.4 Å². The van der Waals surface area contributed by atoms with E-state index in [1.165, 1.54) is 0 Å². The number of carbonyl (C=O) groups is 2. The third-order valence-corrected chi connectivity index (χ3v) is 3.99. The Morgan fingerprint density at radius 1 is 1.37 bits per heavy atom. The van der Waals surface area contributed by atoms with E-state index in [0.29, 0.717) is 19.0 Å². The zero-order chi connectivity index (χ0) is 13.7. The molecule has 0 saturated carbocycles. The average Bonchev–Trinajstić information content (AvgIpc) is 2.81. The summed E-state index contributed by atoms with van der Waals surface area (Å²) in [4.78, 5) is 27.3. The smallest absolute Gasteiger partial charge is 0.320 e. The summed E-state index contributed by atoms with van der Waals surface area (Å²) in [5.74, 6) is 0.0434. The highest BCUT2D eigenvalue weighted by Crippen LogP contribution is 2.18. The average molecular weight is 268 g/mol. The molecule has 0 aliphatic carbocycles. The number of hydrogen-bond acceptors (Lipinski definition) is 3. The molecule has 0 spiro atoms. The summed E-state index contributed by atoms with van der Waals surface area (Å²) in [6.45, 7) is 4.34. The van der Waals surface area contributed by atoms with Gasteiger partial charge in [0.15, 0.2) is 0 Å². The highest BCUT2D eigenvalue weighted by atomic mass is 16.2. The van der Waals surface area contributed by atoms with Crippen LogP contribution in [0, 0.1) is 0 Å². The fourth-order valence-corrected chi connectivity index (χ4v) is 2.82. The Morgan fingerprint density at radius 2 is 2.11 bits per heavy atom. The number of amides is 3. The molecule has 108 valence electrons. The van der Waals surface area contributed by atoms with Crippen molar-refractivity contribution < 1.29 is 9.59 Å². The lowest BCUT2D eigenvalue weighted by Crippen LogP contribution is -2.45. The molecule has 2 aliphatic heterocycles. The Bertz CT molecular complexity index is 329. The Labute approximate surface area is 114 Å². The van der Waals surface area contributed by atoms with Gasteiger partial charge in [0.1, 0.15) is 0 Å². The molecule has 6 heteroatoms. The molecular formula is C13H24N4O2. The molecule has 0 aromatic rings. The van der Waals surface area contributed by atoms with E-state index in [9.17, 15) is 9.59 Å². The second-order valence-electron chi connectivity index (χ2n) is 5.22.